The fourth-order valence-electron chi connectivity index (χ4n) is 2.73. The van der Waals surface area contributed by atoms with Gasteiger partial charge in [-0.3, -0.25) is 14.5 Å². The van der Waals surface area contributed by atoms with Gasteiger partial charge < -0.3 is 10.6 Å². The number of benzene rings is 2. The molecule has 0 atom stereocenters. The summed E-state index contributed by atoms with van der Waals surface area (Å²) in [4.78, 5) is 25.9. The normalized spacial score (nSPS) is 10.6. The SMILES string of the molecule is CCc1ccccc1NC(=O)CN(C)CC(=O)NCCc1ccccc1. The zero-order valence-electron chi connectivity index (χ0n) is 15.5. The summed E-state index contributed by atoms with van der Waals surface area (Å²) in [5.74, 6) is -0.198. The highest BCUT2D eigenvalue weighted by atomic mass is 16.2. The summed E-state index contributed by atoms with van der Waals surface area (Å²) >= 11 is 0. The Morgan fingerprint density at radius 2 is 1.58 bits per heavy atom. The van der Waals surface area contributed by atoms with Crippen LogP contribution in [0.1, 0.15) is 18.1 Å². The van der Waals surface area contributed by atoms with E-state index < -0.39 is 0 Å². The molecule has 2 aromatic carbocycles. The first-order chi connectivity index (χ1) is 12.6. The van der Waals surface area contributed by atoms with E-state index >= 15 is 0 Å². The highest BCUT2D eigenvalue weighted by Gasteiger charge is 2.11. The fourth-order valence-corrected chi connectivity index (χ4v) is 2.73. The third kappa shape index (κ3) is 6.69. The molecule has 5 nitrogen and oxygen atoms in total. The number of likely N-dealkylation sites (N-methyl/N-ethyl adjacent to an activating group) is 1. The standard InChI is InChI=1S/C21H27N3O2/c1-3-18-11-7-8-12-19(18)23-21(26)16-24(2)15-20(25)22-14-13-17-9-5-4-6-10-17/h4-12H,3,13-16H2,1-2H3,(H,22,25)(H,23,26). The van der Waals surface area contributed by atoms with Crippen LogP contribution < -0.4 is 10.6 Å². The number of hydrogen-bond acceptors (Lipinski definition) is 3. The van der Waals surface area contributed by atoms with E-state index in [1.165, 1.54) is 5.56 Å². The first-order valence-electron chi connectivity index (χ1n) is 8.95. The van der Waals surface area contributed by atoms with Crippen molar-refractivity contribution in [2.45, 2.75) is 19.8 Å². The van der Waals surface area contributed by atoms with Gasteiger partial charge in [0.1, 0.15) is 0 Å². The Balaban J connectivity index is 1.70. The highest BCUT2D eigenvalue weighted by Crippen LogP contribution is 2.15. The van der Waals surface area contributed by atoms with Crippen molar-refractivity contribution < 1.29 is 9.59 Å². The van der Waals surface area contributed by atoms with Gasteiger partial charge in [0.15, 0.2) is 0 Å². The lowest BCUT2D eigenvalue weighted by atomic mass is 10.1. The first-order valence-corrected chi connectivity index (χ1v) is 8.95. The van der Waals surface area contributed by atoms with Gasteiger partial charge in [-0.15, -0.1) is 0 Å². The number of hydrogen-bond donors (Lipinski definition) is 2. The van der Waals surface area contributed by atoms with E-state index in [2.05, 4.69) is 17.6 Å². The van der Waals surface area contributed by atoms with Crippen molar-refractivity contribution in [2.24, 2.45) is 0 Å². The lowest BCUT2D eigenvalue weighted by molar-refractivity contribution is -0.122. The average Bonchev–Trinajstić information content (AvgIpc) is 2.62. The van der Waals surface area contributed by atoms with Crippen molar-refractivity contribution in [1.29, 1.82) is 0 Å². The Labute approximate surface area is 155 Å². The van der Waals surface area contributed by atoms with E-state index in [1.54, 1.807) is 11.9 Å². The van der Waals surface area contributed by atoms with Crippen molar-refractivity contribution in [3.05, 3.63) is 65.7 Å². The number of carbonyl (C=O) groups is 2. The molecule has 2 N–H and O–H groups in total. The summed E-state index contributed by atoms with van der Waals surface area (Å²) in [5, 5.41) is 5.81. The van der Waals surface area contributed by atoms with Crippen molar-refractivity contribution in [3.8, 4) is 0 Å². The lowest BCUT2D eigenvalue weighted by Gasteiger charge is -2.17. The molecular weight excluding hydrogens is 326 g/mol. The van der Waals surface area contributed by atoms with E-state index in [0.717, 1.165) is 24.1 Å². The van der Waals surface area contributed by atoms with Gasteiger partial charge in [-0.2, -0.15) is 0 Å². The predicted octanol–water partition coefficient (Wildman–Crippen LogP) is 2.48. The van der Waals surface area contributed by atoms with E-state index in [9.17, 15) is 9.59 Å². The number of nitrogens with zero attached hydrogens (tertiary/aromatic N) is 1. The Morgan fingerprint density at radius 3 is 2.31 bits per heavy atom. The highest BCUT2D eigenvalue weighted by molar-refractivity contribution is 5.93. The van der Waals surface area contributed by atoms with E-state index in [0.29, 0.717) is 6.54 Å². The van der Waals surface area contributed by atoms with Gasteiger partial charge >= 0.3 is 0 Å². The maximum atomic E-state index is 12.2. The average molecular weight is 353 g/mol. The minimum atomic E-state index is -0.120. The van der Waals surface area contributed by atoms with Gasteiger partial charge in [0, 0.05) is 12.2 Å². The summed E-state index contributed by atoms with van der Waals surface area (Å²) < 4.78 is 0. The number of para-hydroxylation sites is 1. The monoisotopic (exact) mass is 353 g/mol. The Kier molecular flexibility index (Phi) is 7.83. The number of anilines is 1. The summed E-state index contributed by atoms with van der Waals surface area (Å²) in [7, 11) is 1.77. The van der Waals surface area contributed by atoms with Crippen LogP contribution in [0.5, 0.6) is 0 Å². The van der Waals surface area contributed by atoms with Gasteiger partial charge in [-0.05, 0) is 37.1 Å². The van der Waals surface area contributed by atoms with Crippen molar-refractivity contribution in [1.82, 2.24) is 10.2 Å². The van der Waals surface area contributed by atoms with Gasteiger partial charge in [0.25, 0.3) is 0 Å². The topological polar surface area (TPSA) is 61.4 Å². The van der Waals surface area contributed by atoms with Crippen LogP contribution in [-0.2, 0) is 22.4 Å². The molecule has 0 unspecified atom stereocenters. The molecule has 2 rings (SSSR count). The van der Waals surface area contributed by atoms with Gasteiger partial charge in [-0.1, -0.05) is 55.5 Å². The Morgan fingerprint density at radius 1 is 0.923 bits per heavy atom. The summed E-state index contributed by atoms with van der Waals surface area (Å²) in [6.45, 7) is 3.01. The molecular formula is C21H27N3O2. The molecule has 26 heavy (non-hydrogen) atoms. The molecule has 2 amide bonds. The molecule has 0 saturated carbocycles. The molecule has 0 heterocycles. The molecule has 5 heteroatoms. The van der Waals surface area contributed by atoms with Crippen LogP contribution in [0.25, 0.3) is 0 Å². The second kappa shape index (κ2) is 10.4. The smallest absolute Gasteiger partial charge is 0.238 e. The summed E-state index contributed by atoms with van der Waals surface area (Å²) in [6.07, 6.45) is 1.65. The summed E-state index contributed by atoms with van der Waals surface area (Å²) in [5.41, 5.74) is 3.12. The zero-order chi connectivity index (χ0) is 18.8. The maximum absolute atomic E-state index is 12.2. The molecule has 0 aromatic heterocycles. The first kappa shape index (κ1) is 19.7. The molecule has 0 aliphatic heterocycles. The van der Waals surface area contributed by atoms with Gasteiger partial charge in [-0.25, -0.2) is 0 Å². The second-order valence-corrected chi connectivity index (χ2v) is 6.32. The third-order valence-electron chi connectivity index (χ3n) is 4.08. The minimum absolute atomic E-state index is 0.0785. The van der Waals surface area contributed by atoms with Crippen LogP contribution in [0.2, 0.25) is 0 Å². The van der Waals surface area contributed by atoms with Crippen molar-refractivity contribution in [3.63, 3.8) is 0 Å². The largest absolute Gasteiger partial charge is 0.355 e. The van der Waals surface area contributed by atoms with Crippen LogP contribution in [0.4, 0.5) is 5.69 Å². The molecule has 0 fully saturated rings. The van der Waals surface area contributed by atoms with Crippen LogP contribution in [0.15, 0.2) is 54.6 Å². The molecule has 2 aromatic rings. The Hall–Kier alpha value is -2.66. The fraction of sp³-hybridized carbons (Fsp3) is 0.333. The summed E-state index contributed by atoms with van der Waals surface area (Å²) in [6, 6.07) is 17.8. The Bertz CT molecular complexity index is 716. The lowest BCUT2D eigenvalue weighted by Crippen LogP contribution is -2.39. The minimum Gasteiger partial charge on any atom is -0.355 e. The van der Waals surface area contributed by atoms with Gasteiger partial charge in [0.05, 0.1) is 13.1 Å². The zero-order valence-corrected chi connectivity index (χ0v) is 15.5. The molecule has 138 valence electrons. The van der Waals surface area contributed by atoms with Crippen LogP contribution in [0, 0.1) is 0 Å². The number of aryl methyl sites for hydroxylation is 1. The van der Waals surface area contributed by atoms with E-state index in [1.807, 2.05) is 54.6 Å². The number of carbonyl (C=O) groups excluding carboxylic acids is 2. The second-order valence-electron chi connectivity index (χ2n) is 6.32. The molecule has 0 saturated heterocycles. The molecule has 0 spiro atoms. The third-order valence-corrected chi connectivity index (χ3v) is 4.08. The number of nitrogens with one attached hydrogen (secondary N) is 2. The van der Waals surface area contributed by atoms with Crippen LogP contribution in [-0.4, -0.2) is 43.4 Å². The predicted molar refractivity (Wildman–Crippen MR) is 105 cm³/mol. The van der Waals surface area contributed by atoms with Crippen LogP contribution >= 0.6 is 0 Å². The molecule has 0 bridgehead atoms. The van der Waals surface area contributed by atoms with E-state index in [-0.39, 0.29) is 24.9 Å². The number of amides is 2. The molecule has 0 radical (unpaired) electrons. The van der Waals surface area contributed by atoms with Crippen molar-refractivity contribution in [2.75, 3.05) is 32.0 Å². The van der Waals surface area contributed by atoms with Crippen LogP contribution in [0.3, 0.4) is 0 Å². The van der Waals surface area contributed by atoms with Crippen molar-refractivity contribution >= 4 is 17.5 Å². The molecule has 0 aliphatic rings. The molecule has 0 aliphatic carbocycles. The van der Waals surface area contributed by atoms with E-state index in [4.69, 9.17) is 0 Å². The van der Waals surface area contributed by atoms with Gasteiger partial charge in [0.2, 0.25) is 11.8 Å². The maximum Gasteiger partial charge on any atom is 0.238 e. The number of rotatable bonds is 9. The quantitative estimate of drug-likeness (QED) is 0.728.